The summed E-state index contributed by atoms with van der Waals surface area (Å²) in [5.74, 6) is 0.515. The molecule has 6 nitrogen and oxygen atoms in total. The van der Waals surface area contributed by atoms with Crippen molar-refractivity contribution in [2.75, 3.05) is 17.0 Å². The Hall–Kier alpha value is -2.28. The van der Waals surface area contributed by atoms with E-state index >= 15 is 0 Å². The van der Waals surface area contributed by atoms with Crippen molar-refractivity contribution in [1.82, 2.24) is 5.32 Å². The van der Waals surface area contributed by atoms with Gasteiger partial charge >= 0.3 is 0 Å². The summed E-state index contributed by atoms with van der Waals surface area (Å²) in [6.07, 6.45) is 2.18. The maximum Gasteiger partial charge on any atom is 0.251 e. The fourth-order valence-electron chi connectivity index (χ4n) is 1.83. The molecule has 0 spiro atoms. The number of carbonyl (C=O) groups is 1. The molecule has 2 aromatic rings. The van der Waals surface area contributed by atoms with Gasteiger partial charge in [0, 0.05) is 24.2 Å². The van der Waals surface area contributed by atoms with Crippen LogP contribution in [0.15, 0.2) is 47.1 Å². The fraction of sp³-hybridized carbons (Fsp3) is 0.267. The van der Waals surface area contributed by atoms with E-state index in [1.54, 1.807) is 37.5 Å². The lowest BCUT2D eigenvalue weighted by atomic mass is 10.2. The molecule has 0 fully saturated rings. The van der Waals surface area contributed by atoms with E-state index in [0.29, 0.717) is 24.2 Å². The zero-order chi connectivity index (χ0) is 16.0. The Morgan fingerprint density at radius 1 is 1.23 bits per heavy atom. The van der Waals surface area contributed by atoms with E-state index in [1.165, 1.54) is 6.07 Å². The number of sulfonamides is 1. The van der Waals surface area contributed by atoms with Gasteiger partial charge in [0.1, 0.15) is 5.76 Å². The maximum atomic E-state index is 12.0. The SMILES string of the molecule is CCS(=O)(=O)Nc1cccc(C(=O)NCCc2ccco2)c1. The molecule has 0 radical (unpaired) electrons. The molecule has 7 heteroatoms. The van der Waals surface area contributed by atoms with Crippen LogP contribution in [-0.2, 0) is 16.4 Å². The number of hydrogen-bond donors (Lipinski definition) is 2. The van der Waals surface area contributed by atoms with Crippen LogP contribution in [0, 0.1) is 0 Å². The molecule has 22 heavy (non-hydrogen) atoms. The second kappa shape index (κ2) is 7.13. The molecule has 0 aliphatic rings. The minimum Gasteiger partial charge on any atom is -0.469 e. The largest absolute Gasteiger partial charge is 0.469 e. The molecule has 1 amide bonds. The van der Waals surface area contributed by atoms with Crippen molar-refractivity contribution in [3.63, 3.8) is 0 Å². The molecule has 2 rings (SSSR count). The first-order valence-electron chi connectivity index (χ1n) is 6.91. The zero-order valence-corrected chi connectivity index (χ0v) is 13.0. The van der Waals surface area contributed by atoms with Crippen LogP contribution in [0.1, 0.15) is 23.0 Å². The predicted octanol–water partition coefficient (Wildman–Crippen LogP) is 2.01. The van der Waals surface area contributed by atoms with Gasteiger partial charge in [0.05, 0.1) is 12.0 Å². The monoisotopic (exact) mass is 322 g/mol. The molecule has 1 aromatic carbocycles. The topological polar surface area (TPSA) is 88.4 Å². The van der Waals surface area contributed by atoms with Crippen LogP contribution in [-0.4, -0.2) is 26.6 Å². The Morgan fingerprint density at radius 3 is 2.73 bits per heavy atom. The van der Waals surface area contributed by atoms with E-state index in [-0.39, 0.29) is 11.7 Å². The first-order valence-corrected chi connectivity index (χ1v) is 8.56. The summed E-state index contributed by atoms with van der Waals surface area (Å²) in [6.45, 7) is 1.99. The molecule has 0 unspecified atom stereocenters. The van der Waals surface area contributed by atoms with Crippen molar-refractivity contribution in [2.24, 2.45) is 0 Å². The van der Waals surface area contributed by atoms with Gasteiger partial charge in [-0.2, -0.15) is 0 Å². The number of nitrogens with one attached hydrogen (secondary N) is 2. The lowest BCUT2D eigenvalue weighted by Gasteiger charge is -2.08. The zero-order valence-electron chi connectivity index (χ0n) is 12.2. The highest BCUT2D eigenvalue weighted by molar-refractivity contribution is 7.92. The number of benzene rings is 1. The first kappa shape index (κ1) is 16.1. The Morgan fingerprint density at radius 2 is 2.05 bits per heavy atom. The van der Waals surface area contributed by atoms with E-state index in [4.69, 9.17) is 4.42 Å². The van der Waals surface area contributed by atoms with Gasteiger partial charge in [-0.15, -0.1) is 0 Å². The van der Waals surface area contributed by atoms with E-state index in [1.807, 2.05) is 6.07 Å². The number of rotatable bonds is 7. The first-order chi connectivity index (χ1) is 10.5. The number of hydrogen-bond acceptors (Lipinski definition) is 4. The summed E-state index contributed by atoms with van der Waals surface area (Å²) in [5, 5.41) is 2.77. The molecule has 0 saturated carbocycles. The van der Waals surface area contributed by atoms with Gasteiger partial charge in [0.2, 0.25) is 10.0 Å². The van der Waals surface area contributed by atoms with Crippen LogP contribution in [0.4, 0.5) is 5.69 Å². The number of carbonyl (C=O) groups excluding carboxylic acids is 1. The molecule has 0 aliphatic carbocycles. The average Bonchev–Trinajstić information content (AvgIpc) is 3.00. The normalized spacial score (nSPS) is 11.1. The van der Waals surface area contributed by atoms with E-state index in [2.05, 4.69) is 10.0 Å². The predicted molar refractivity (Wildman–Crippen MR) is 84.3 cm³/mol. The van der Waals surface area contributed by atoms with Crippen LogP contribution < -0.4 is 10.0 Å². The molecular formula is C15H18N2O4S. The summed E-state index contributed by atoms with van der Waals surface area (Å²) >= 11 is 0. The molecule has 0 aliphatic heterocycles. The molecule has 1 aromatic heterocycles. The Kier molecular flexibility index (Phi) is 5.21. The fourth-order valence-corrected chi connectivity index (χ4v) is 2.46. The summed E-state index contributed by atoms with van der Waals surface area (Å²) in [7, 11) is -3.36. The standard InChI is InChI=1S/C15H18N2O4S/c1-2-22(19,20)17-13-6-3-5-12(11-13)15(18)16-9-8-14-7-4-10-21-14/h3-7,10-11,17H,2,8-9H2,1H3,(H,16,18). The van der Waals surface area contributed by atoms with Gasteiger partial charge < -0.3 is 9.73 Å². The van der Waals surface area contributed by atoms with Gasteiger partial charge in [-0.3, -0.25) is 9.52 Å². The van der Waals surface area contributed by atoms with Crippen LogP contribution in [0.3, 0.4) is 0 Å². The maximum absolute atomic E-state index is 12.0. The van der Waals surface area contributed by atoms with Gasteiger partial charge in [0.25, 0.3) is 5.91 Å². The van der Waals surface area contributed by atoms with Gasteiger partial charge in [0.15, 0.2) is 0 Å². The highest BCUT2D eigenvalue weighted by atomic mass is 32.2. The molecular weight excluding hydrogens is 304 g/mol. The van der Waals surface area contributed by atoms with Crippen molar-refractivity contribution in [3.8, 4) is 0 Å². The van der Waals surface area contributed by atoms with Gasteiger partial charge in [-0.1, -0.05) is 6.07 Å². The van der Waals surface area contributed by atoms with Crippen molar-refractivity contribution in [1.29, 1.82) is 0 Å². The van der Waals surface area contributed by atoms with Crippen molar-refractivity contribution in [2.45, 2.75) is 13.3 Å². The highest BCUT2D eigenvalue weighted by Crippen LogP contribution is 2.12. The minimum absolute atomic E-state index is 0.0213. The van der Waals surface area contributed by atoms with Crippen molar-refractivity contribution >= 4 is 21.6 Å². The van der Waals surface area contributed by atoms with Crippen LogP contribution in [0.25, 0.3) is 0 Å². The number of anilines is 1. The van der Waals surface area contributed by atoms with Gasteiger partial charge in [-0.05, 0) is 37.3 Å². The van der Waals surface area contributed by atoms with Crippen LogP contribution in [0.2, 0.25) is 0 Å². The second-order valence-corrected chi connectivity index (χ2v) is 6.68. The molecule has 118 valence electrons. The summed E-state index contributed by atoms with van der Waals surface area (Å²) in [5.41, 5.74) is 0.774. The molecule has 1 heterocycles. The van der Waals surface area contributed by atoms with E-state index in [0.717, 1.165) is 5.76 Å². The van der Waals surface area contributed by atoms with Gasteiger partial charge in [-0.25, -0.2) is 8.42 Å². The second-order valence-electron chi connectivity index (χ2n) is 4.67. The Bertz CT molecular complexity index is 724. The molecule has 0 atom stereocenters. The summed E-state index contributed by atoms with van der Waals surface area (Å²) in [4.78, 5) is 12.0. The minimum atomic E-state index is -3.36. The molecule has 0 saturated heterocycles. The Labute approximate surface area is 129 Å². The van der Waals surface area contributed by atoms with Crippen LogP contribution in [0.5, 0.6) is 0 Å². The third-order valence-electron chi connectivity index (χ3n) is 3.02. The Balaban J connectivity index is 1.95. The van der Waals surface area contributed by atoms with E-state index < -0.39 is 10.0 Å². The quantitative estimate of drug-likeness (QED) is 0.816. The third kappa shape index (κ3) is 4.63. The smallest absolute Gasteiger partial charge is 0.251 e. The molecule has 2 N–H and O–H groups in total. The molecule has 0 bridgehead atoms. The summed E-state index contributed by atoms with van der Waals surface area (Å²) in [6, 6.07) is 10.0. The lowest BCUT2D eigenvalue weighted by Crippen LogP contribution is -2.25. The van der Waals surface area contributed by atoms with Crippen LogP contribution >= 0.6 is 0 Å². The van der Waals surface area contributed by atoms with Crippen molar-refractivity contribution in [3.05, 3.63) is 54.0 Å². The lowest BCUT2D eigenvalue weighted by molar-refractivity contribution is 0.0953. The average molecular weight is 322 g/mol. The summed E-state index contributed by atoms with van der Waals surface area (Å²) < 4.78 is 30.7. The highest BCUT2D eigenvalue weighted by Gasteiger charge is 2.10. The third-order valence-corrected chi connectivity index (χ3v) is 4.32. The van der Waals surface area contributed by atoms with E-state index in [9.17, 15) is 13.2 Å². The number of furan rings is 1. The number of amides is 1. The van der Waals surface area contributed by atoms with Crippen molar-refractivity contribution < 1.29 is 17.6 Å².